The number of benzene rings is 5. The minimum atomic E-state index is -4.07. The highest BCUT2D eigenvalue weighted by atomic mass is 31.2. The van der Waals surface area contributed by atoms with Gasteiger partial charge in [-0.25, -0.2) is 4.57 Å². The molecule has 10 nitrogen and oxygen atoms in total. The smallest absolute Gasteiger partial charge is 0.397 e. The maximum Gasteiger partial charge on any atom is 0.397 e. The monoisotopic (exact) mass is 886 g/mol. The van der Waals surface area contributed by atoms with Crippen molar-refractivity contribution in [2.24, 2.45) is 0 Å². The third-order valence-corrected chi connectivity index (χ3v) is 15.4. The van der Waals surface area contributed by atoms with Crippen molar-refractivity contribution in [3.05, 3.63) is 173 Å². The molecule has 0 bridgehead atoms. The second kappa shape index (κ2) is 21.0. The Morgan fingerprint density at radius 1 is 0.531 bits per heavy atom. The van der Waals surface area contributed by atoms with Crippen LogP contribution in [0.2, 0.25) is 0 Å². The van der Waals surface area contributed by atoms with Crippen molar-refractivity contribution in [2.75, 3.05) is 13.2 Å². The number of hydrogen-bond donors (Lipinski definition) is 0. The normalized spacial score (nSPS) is 27.4. The van der Waals surface area contributed by atoms with Gasteiger partial charge in [0, 0.05) is 26.3 Å². The second-order valence-corrected chi connectivity index (χ2v) is 20.2. The molecule has 4 fully saturated rings. The van der Waals surface area contributed by atoms with Crippen LogP contribution in [0.25, 0.3) is 0 Å². The van der Waals surface area contributed by atoms with Gasteiger partial charge in [-0.3, -0.25) is 0 Å². The molecule has 5 aromatic rings. The van der Waals surface area contributed by atoms with Crippen LogP contribution in [0.3, 0.4) is 0 Å². The van der Waals surface area contributed by atoms with Gasteiger partial charge in [-0.05, 0) is 111 Å². The number of nitrogens with zero attached hydrogens (tertiary/aromatic N) is 2. The van der Waals surface area contributed by atoms with Crippen LogP contribution in [0.4, 0.5) is 0 Å². The van der Waals surface area contributed by atoms with Crippen LogP contribution in [0.5, 0.6) is 5.75 Å². The molecule has 5 aromatic carbocycles. The van der Waals surface area contributed by atoms with Crippen molar-refractivity contribution >= 4 is 7.67 Å². The molecule has 6 atom stereocenters. The molecule has 2 unspecified atom stereocenters. The van der Waals surface area contributed by atoms with Gasteiger partial charge in [0.1, 0.15) is 18.0 Å². The van der Waals surface area contributed by atoms with Crippen LogP contribution in [-0.2, 0) is 72.1 Å². The topological polar surface area (TPSA) is 88.2 Å². The van der Waals surface area contributed by atoms with E-state index >= 15 is 4.57 Å². The fourth-order valence-corrected chi connectivity index (χ4v) is 12.2. The van der Waals surface area contributed by atoms with Gasteiger partial charge in [0.2, 0.25) is 0 Å². The Bertz CT molecular complexity index is 2100. The third-order valence-electron chi connectivity index (χ3n) is 12.8. The molecule has 0 spiro atoms. The number of ether oxygens (including phenoxy) is 6. The van der Waals surface area contributed by atoms with E-state index in [4.69, 9.17) is 32.9 Å². The van der Waals surface area contributed by atoms with Crippen molar-refractivity contribution < 1.29 is 37.5 Å². The van der Waals surface area contributed by atoms with Crippen LogP contribution < -0.4 is 4.52 Å². The molecule has 0 amide bonds. The molecular weight excluding hydrogens is 824 g/mol. The first-order valence-electron chi connectivity index (χ1n) is 23.2. The van der Waals surface area contributed by atoms with Gasteiger partial charge < -0.3 is 32.9 Å². The molecule has 4 saturated heterocycles. The minimum absolute atomic E-state index is 0.174. The molecule has 4 aliphatic heterocycles. The molecule has 11 heteroatoms. The van der Waals surface area contributed by atoms with Gasteiger partial charge in [-0.15, -0.1) is 0 Å². The van der Waals surface area contributed by atoms with E-state index in [1.807, 2.05) is 56.3 Å². The largest absolute Gasteiger partial charge is 0.422 e. The summed E-state index contributed by atoms with van der Waals surface area (Å²) in [6.45, 7) is 7.04. The summed E-state index contributed by atoms with van der Waals surface area (Å²) in [5, 5.41) is 0. The summed E-state index contributed by atoms with van der Waals surface area (Å²) in [5.41, 5.74) is 6.32. The Hall–Kier alpha value is -4.19. The Labute approximate surface area is 379 Å². The summed E-state index contributed by atoms with van der Waals surface area (Å²) in [4.78, 5) is 0. The molecule has 9 rings (SSSR count). The maximum atomic E-state index is 17.2. The van der Waals surface area contributed by atoms with Gasteiger partial charge in [0.15, 0.2) is 18.4 Å². The second-order valence-electron chi connectivity index (χ2n) is 18.0. The zero-order valence-corrected chi connectivity index (χ0v) is 38.1. The van der Waals surface area contributed by atoms with Gasteiger partial charge in [-0.2, -0.15) is 9.34 Å². The van der Waals surface area contributed by atoms with E-state index in [1.54, 1.807) is 0 Å². The highest BCUT2D eigenvalue weighted by Crippen LogP contribution is 2.62. The zero-order valence-electron chi connectivity index (χ0n) is 37.3. The Morgan fingerprint density at radius 2 is 0.938 bits per heavy atom. The quantitative estimate of drug-likeness (QED) is 0.0893. The van der Waals surface area contributed by atoms with Gasteiger partial charge in [0.05, 0.1) is 25.3 Å². The average molecular weight is 887 g/mol. The fraction of sp³-hybridized carbons (Fsp3) is 0.434. The highest BCUT2D eigenvalue weighted by Gasteiger charge is 2.61. The summed E-state index contributed by atoms with van der Waals surface area (Å²) in [6, 6.07) is 46.5. The lowest BCUT2D eigenvalue weighted by Crippen LogP contribution is -2.48. The third kappa shape index (κ3) is 11.2. The first-order chi connectivity index (χ1) is 31.3. The molecular formula is C53H63N2O8P. The average Bonchev–Trinajstić information content (AvgIpc) is 3.64. The van der Waals surface area contributed by atoms with Gasteiger partial charge >= 0.3 is 7.67 Å². The molecule has 4 heterocycles. The van der Waals surface area contributed by atoms with E-state index in [0.29, 0.717) is 44.9 Å². The first kappa shape index (κ1) is 45.0. The lowest BCUT2D eigenvalue weighted by atomic mass is 9.91. The van der Waals surface area contributed by atoms with Crippen LogP contribution in [0.1, 0.15) is 85.8 Å². The molecule has 0 N–H and O–H groups in total. The standard InChI is InChI=1S/C53H63N2O8P/c1-53(2)61-51-47(34-40-16-6-3-7-17-40)54(36-42-24-28-44(29-25-42)38-59-49-22-12-14-32-57-49)64(56,63-46-20-10-5-11-21-46)55(48(52(51)62-53)35-41-18-8-4-9-19-41)37-43-26-30-45(31-27-43)39-60-50-23-13-15-33-58-50/h3-11,16-21,24-31,47-52H,12-15,22-23,32-39H2,1-2H3/t47-,48-,49?,50?,51-,52-,64?/m1/s1. The summed E-state index contributed by atoms with van der Waals surface area (Å²) < 4.78 is 66.8. The van der Waals surface area contributed by atoms with E-state index in [9.17, 15) is 0 Å². The lowest BCUT2D eigenvalue weighted by Gasteiger charge is -2.43. The summed E-state index contributed by atoms with van der Waals surface area (Å²) in [5.74, 6) is -0.368. The Kier molecular flexibility index (Phi) is 14.7. The van der Waals surface area contributed by atoms with Crippen LogP contribution >= 0.6 is 7.67 Å². The predicted molar refractivity (Wildman–Crippen MR) is 247 cm³/mol. The van der Waals surface area contributed by atoms with Crippen LogP contribution in [-0.4, -0.2) is 65.2 Å². The number of fused-ring (bicyclic) bond motifs is 1. The summed E-state index contributed by atoms with van der Waals surface area (Å²) in [6.07, 6.45) is 6.03. The maximum absolute atomic E-state index is 17.2. The van der Waals surface area contributed by atoms with E-state index in [1.165, 1.54) is 0 Å². The number of para-hydroxylation sites is 1. The SMILES string of the molecule is CC1(C)O[C@H]2[C@H](O1)[C@@H](Cc1ccccc1)N(Cc1ccc(COC3CCCCO3)cc1)P(=O)(Oc1ccccc1)N(Cc1ccc(COC3CCCCO3)cc1)[C@@H]2Cc1ccccc1. The Balaban J connectivity index is 1.13. The zero-order chi connectivity index (χ0) is 43.8. The molecule has 4 aliphatic rings. The fourth-order valence-electron chi connectivity index (χ4n) is 9.48. The van der Waals surface area contributed by atoms with Gasteiger partial charge in [0.25, 0.3) is 0 Å². The number of rotatable bonds is 16. The lowest BCUT2D eigenvalue weighted by molar-refractivity contribution is -0.169. The molecule has 0 radical (unpaired) electrons. The van der Waals surface area contributed by atoms with E-state index in [0.717, 1.165) is 85.1 Å². The first-order valence-corrected chi connectivity index (χ1v) is 24.8. The van der Waals surface area contributed by atoms with E-state index in [2.05, 4.69) is 106 Å². The van der Waals surface area contributed by atoms with Crippen molar-refractivity contribution in [3.63, 3.8) is 0 Å². The van der Waals surface area contributed by atoms with Crippen LogP contribution in [0.15, 0.2) is 140 Å². The molecule has 0 saturated carbocycles. The number of hydrogen-bond acceptors (Lipinski definition) is 8. The predicted octanol–water partition coefficient (Wildman–Crippen LogP) is 11.0. The molecule has 0 aliphatic carbocycles. The van der Waals surface area contributed by atoms with Crippen molar-refractivity contribution in [3.8, 4) is 5.75 Å². The van der Waals surface area contributed by atoms with Crippen LogP contribution in [0, 0.1) is 0 Å². The summed E-state index contributed by atoms with van der Waals surface area (Å²) in [7, 11) is -4.07. The van der Waals surface area contributed by atoms with Gasteiger partial charge in [-0.1, -0.05) is 127 Å². The molecule has 0 aromatic heterocycles. The van der Waals surface area contributed by atoms with E-state index < -0.39 is 37.7 Å². The molecule has 64 heavy (non-hydrogen) atoms. The van der Waals surface area contributed by atoms with Crippen molar-refractivity contribution in [1.29, 1.82) is 0 Å². The minimum Gasteiger partial charge on any atom is -0.422 e. The van der Waals surface area contributed by atoms with Crippen molar-refractivity contribution in [2.45, 2.75) is 134 Å². The van der Waals surface area contributed by atoms with E-state index in [-0.39, 0.29) is 12.6 Å². The highest BCUT2D eigenvalue weighted by molar-refractivity contribution is 7.54. The Morgan fingerprint density at radius 3 is 1.34 bits per heavy atom. The van der Waals surface area contributed by atoms with Crippen molar-refractivity contribution in [1.82, 2.24) is 9.34 Å². The summed E-state index contributed by atoms with van der Waals surface area (Å²) >= 11 is 0. The molecule has 338 valence electrons.